The first-order valence-corrected chi connectivity index (χ1v) is 7.05. The lowest BCUT2D eigenvalue weighted by Gasteiger charge is -2.38. The molecule has 0 radical (unpaired) electrons. The standard InChI is InChI=1S/C16H27NO4/c1-8-9-10-16(17(6)7,21-15(19)13(4)5)11-20-14(18)12(2)3/h2,4,8-11H2,1,3,5-7H3. The van der Waals surface area contributed by atoms with E-state index in [0.29, 0.717) is 17.6 Å². The second-order valence-corrected chi connectivity index (χ2v) is 5.47. The van der Waals surface area contributed by atoms with Crippen molar-refractivity contribution in [1.29, 1.82) is 0 Å². The van der Waals surface area contributed by atoms with E-state index in [-0.39, 0.29) is 6.61 Å². The average molecular weight is 297 g/mol. The zero-order chi connectivity index (χ0) is 16.6. The van der Waals surface area contributed by atoms with E-state index in [1.54, 1.807) is 32.8 Å². The van der Waals surface area contributed by atoms with E-state index in [0.717, 1.165) is 12.8 Å². The van der Waals surface area contributed by atoms with E-state index in [4.69, 9.17) is 9.47 Å². The van der Waals surface area contributed by atoms with Crippen LogP contribution in [0.5, 0.6) is 0 Å². The Bertz CT molecular complexity index is 415. The molecule has 5 nitrogen and oxygen atoms in total. The quantitative estimate of drug-likeness (QED) is 0.372. The van der Waals surface area contributed by atoms with Gasteiger partial charge < -0.3 is 9.47 Å². The number of rotatable bonds is 9. The normalized spacial score (nSPS) is 13.4. The minimum absolute atomic E-state index is 0.0370. The molecule has 0 fully saturated rings. The Morgan fingerprint density at radius 1 is 1.10 bits per heavy atom. The molecule has 1 unspecified atom stereocenters. The van der Waals surface area contributed by atoms with E-state index in [2.05, 4.69) is 13.2 Å². The molecule has 0 aromatic heterocycles. The fraction of sp³-hybridized carbons (Fsp3) is 0.625. The molecule has 0 bridgehead atoms. The van der Waals surface area contributed by atoms with E-state index in [1.807, 2.05) is 6.92 Å². The first kappa shape index (κ1) is 19.4. The number of carbonyl (C=O) groups excluding carboxylic acids is 2. The smallest absolute Gasteiger partial charge is 0.335 e. The van der Waals surface area contributed by atoms with Crippen LogP contribution in [0, 0.1) is 0 Å². The summed E-state index contributed by atoms with van der Waals surface area (Å²) in [5, 5.41) is 0. The van der Waals surface area contributed by atoms with Gasteiger partial charge in [-0.15, -0.1) is 0 Å². The minimum Gasteiger partial charge on any atom is -0.457 e. The van der Waals surface area contributed by atoms with Crippen LogP contribution in [-0.4, -0.2) is 43.3 Å². The summed E-state index contributed by atoms with van der Waals surface area (Å²) >= 11 is 0. The van der Waals surface area contributed by atoms with Crippen LogP contribution in [0.1, 0.15) is 40.0 Å². The molecule has 0 aliphatic heterocycles. The summed E-state index contributed by atoms with van der Waals surface area (Å²) in [5.74, 6) is -0.990. The van der Waals surface area contributed by atoms with Crippen LogP contribution in [0.25, 0.3) is 0 Å². The van der Waals surface area contributed by atoms with Gasteiger partial charge in [0, 0.05) is 17.6 Å². The number of hydrogen-bond acceptors (Lipinski definition) is 5. The molecule has 120 valence electrons. The molecule has 0 aliphatic carbocycles. The van der Waals surface area contributed by atoms with E-state index in [1.165, 1.54) is 0 Å². The topological polar surface area (TPSA) is 55.8 Å². The van der Waals surface area contributed by atoms with Crippen molar-refractivity contribution in [2.75, 3.05) is 20.7 Å². The van der Waals surface area contributed by atoms with Crippen LogP contribution in [0.4, 0.5) is 0 Å². The minimum atomic E-state index is -0.989. The Balaban J connectivity index is 5.17. The Hall–Kier alpha value is -1.62. The highest BCUT2D eigenvalue weighted by Gasteiger charge is 2.38. The summed E-state index contributed by atoms with van der Waals surface area (Å²) in [7, 11) is 3.58. The molecule has 0 aliphatic rings. The van der Waals surface area contributed by atoms with Gasteiger partial charge >= 0.3 is 11.9 Å². The van der Waals surface area contributed by atoms with Gasteiger partial charge in [0.25, 0.3) is 0 Å². The predicted molar refractivity (Wildman–Crippen MR) is 82.6 cm³/mol. The monoisotopic (exact) mass is 297 g/mol. The summed E-state index contributed by atoms with van der Waals surface area (Å²) in [6.07, 6.45) is 2.35. The van der Waals surface area contributed by atoms with Crippen LogP contribution in [-0.2, 0) is 19.1 Å². The van der Waals surface area contributed by atoms with Crippen LogP contribution in [0.2, 0.25) is 0 Å². The molecule has 0 aromatic carbocycles. The summed E-state index contributed by atoms with van der Waals surface area (Å²) in [4.78, 5) is 25.3. The van der Waals surface area contributed by atoms with E-state index < -0.39 is 17.7 Å². The van der Waals surface area contributed by atoms with Crippen LogP contribution >= 0.6 is 0 Å². The van der Waals surface area contributed by atoms with Gasteiger partial charge in [-0.3, -0.25) is 4.90 Å². The SMILES string of the molecule is C=C(C)C(=O)OCC(CCCC)(OC(=O)C(=C)C)N(C)C. The fourth-order valence-corrected chi connectivity index (χ4v) is 1.61. The molecule has 5 heteroatoms. The number of unbranched alkanes of at least 4 members (excludes halogenated alkanes) is 1. The van der Waals surface area contributed by atoms with Gasteiger partial charge in [-0.1, -0.05) is 26.5 Å². The van der Waals surface area contributed by atoms with Gasteiger partial charge in [-0.05, 0) is 34.4 Å². The van der Waals surface area contributed by atoms with Crippen molar-refractivity contribution < 1.29 is 19.1 Å². The first-order valence-electron chi connectivity index (χ1n) is 7.05. The van der Waals surface area contributed by atoms with Crippen molar-refractivity contribution in [3.8, 4) is 0 Å². The van der Waals surface area contributed by atoms with Gasteiger partial charge in [-0.2, -0.15) is 0 Å². The highest BCUT2D eigenvalue weighted by atomic mass is 16.6. The third-order valence-corrected chi connectivity index (χ3v) is 3.14. The maximum atomic E-state index is 11.9. The van der Waals surface area contributed by atoms with Crippen molar-refractivity contribution in [3.05, 3.63) is 24.3 Å². The summed E-state index contributed by atoms with van der Waals surface area (Å²) in [5.41, 5.74) is -0.370. The maximum Gasteiger partial charge on any atom is 0.335 e. The van der Waals surface area contributed by atoms with Crippen molar-refractivity contribution in [2.24, 2.45) is 0 Å². The average Bonchev–Trinajstić information content (AvgIpc) is 2.40. The highest BCUT2D eigenvalue weighted by Crippen LogP contribution is 2.24. The molecular formula is C16H27NO4. The molecule has 0 aromatic rings. The second kappa shape index (κ2) is 8.62. The zero-order valence-electron chi connectivity index (χ0n) is 13.8. The van der Waals surface area contributed by atoms with Crippen molar-refractivity contribution in [1.82, 2.24) is 4.90 Å². The Kier molecular flexibility index (Phi) is 7.95. The maximum absolute atomic E-state index is 11.9. The van der Waals surface area contributed by atoms with Crippen molar-refractivity contribution >= 4 is 11.9 Å². The number of carbonyl (C=O) groups is 2. The second-order valence-electron chi connectivity index (χ2n) is 5.47. The van der Waals surface area contributed by atoms with Crippen molar-refractivity contribution in [2.45, 2.75) is 45.8 Å². The summed E-state index contributed by atoms with van der Waals surface area (Å²) < 4.78 is 10.8. The van der Waals surface area contributed by atoms with Gasteiger partial charge in [0.1, 0.15) is 6.61 Å². The van der Waals surface area contributed by atoms with Crippen molar-refractivity contribution in [3.63, 3.8) is 0 Å². The molecule has 0 saturated carbocycles. The van der Waals surface area contributed by atoms with E-state index >= 15 is 0 Å². The molecule has 0 saturated heterocycles. The predicted octanol–water partition coefficient (Wildman–Crippen LogP) is 2.67. The third-order valence-electron chi connectivity index (χ3n) is 3.14. The lowest BCUT2D eigenvalue weighted by molar-refractivity contribution is -0.194. The van der Waals surface area contributed by atoms with Crippen LogP contribution in [0.15, 0.2) is 24.3 Å². The Morgan fingerprint density at radius 3 is 2.00 bits per heavy atom. The molecule has 0 heterocycles. The lowest BCUT2D eigenvalue weighted by atomic mass is 10.1. The lowest BCUT2D eigenvalue weighted by Crippen LogP contribution is -2.52. The third kappa shape index (κ3) is 6.12. The van der Waals surface area contributed by atoms with Gasteiger partial charge in [0.2, 0.25) is 5.72 Å². The van der Waals surface area contributed by atoms with Gasteiger partial charge in [-0.25, -0.2) is 9.59 Å². The molecular weight excluding hydrogens is 270 g/mol. The number of likely N-dealkylation sites (N-methyl/N-ethyl adjacent to an activating group) is 1. The first-order chi connectivity index (χ1) is 9.66. The fourth-order valence-electron chi connectivity index (χ4n) is 1.61. The number of ether oxygens (including phenoxy) is 2. The summed E-state index contributed by atoms with van der Waals surface area (Å²) in [6, 6.07) is 0. The number of esters is 2. The molecule has 1 atom stereocenters. The largest absolute Gasteiger partial charge is 0.457 e. The summed E-state index contributed by atoms with van der Waals surface area (Å²) in [6.45, 7) is 12.3. The molecule has 0 spiro atoms. The molecule has 0 N–H and O–H groups in total. The van der Waals surface area contributed by atoms with Crippen LogP contribution < -0.4 is 0 Å². The van der Waals surface area contributed by atoms with Crippen LogP contribution in [0.3, 0.4) is 0 Å². The van der Waals surface area contributed by atoms with E-state index in [9.17, 15) is 9.59 Å². The molecule has 21 heavy (non-hydrogen) atoms. The molecule has 0 amide bonds. The number of hydrogen-bond donors (Lipinski definition) is 0. The van der Waals surface area contributed by atoms with Gasteiger partial charge in [0.05, 0.1) is 0 Å². The Morgan fingerprint density at radius 2 is 1.62 bits per heavy atom. The Labute approximate surface area is 127 Å². The van der Waals surface area contributed by atoms with Gasteiger partial charge in [0.15, 0.2) is 0 Å². The number of nitrogens with zero attached hydrogens (tertiary/aromatic N) is 1. The zero-order valence-corrected chi connectivity index (χ0v) is 13.8. The molecule has 0 rings (SSSR count). The highest BCUT2D eigenvalue weighted by molar-refractivity contribution is 5.88.